The molecule has 2 aromatic carbocycles. The monoisotopic (exact) mass is 398 g/mol. The summed E-state index contributed by atoms with van der Waals surface area (Å²) in [4.78, 5) is 34.7. The Morgan fingerprint density at radius 1 is 1.21 bits per heavy atom. The van der Waals surface area contributed by atoms with Crippen LogP contribution in [0.25, 0.3) is 0 Å². The number of ether oxygens (including phenoxy) is 2. The number of anilines is 2. The molecular weight excluding hydrogens is 380 g/mol. The summed E-state index contributed by atoms with van der Waals surface area (Å²) in [6.07, 6.45) is 0. The van der Waals surface area contributed by atoms with Gasteiger partial charge in [0, 0.05) is 19.7 Å². The van der Waals surface area contributed by atoms with Crippen molar-refractivity contribution in [3.8, 4) is 6.07 Å². The largest absolute Gasteiger partial charge is 0.452 e. The standard InChI is InChI=1S/C19H18N4O6/c1-28-9-8-21-16-7-6-13(10-17(16)23(26)27)19(25)29-12-18(24)22-15-5-3-2-4-14(15)11-20/h2-7,10,21H,8-9,12H2,1H3,(H,22,24). The highest BCUT2D eigenvalue weighted by atomic mass is 16.6. The van der Waals surface area contributed by atoms with E-state index in [4.69, 9.17) is 14.7 Å². The zero-order chi connectivity index (χ0) is 21.2. The number of rotatable bonds is 9. The molecule has 0 aliphatic heterocycles. The molecule has 2 aromatic rings. The number of nitrogens with zero attached hydrogens (tertiary/aromatic N) is 2. The molecule has 0 radical (unpaired) electrons. The van der Waals surface area contributed by atoms with Crippen LogP contribution >= 0.6 is 0 Å². The number of esters is 1. The van der Waals surface area contributed by atoms with Crippen molar-refractivity contribution in [3.63, 3.8) is 0 Å². The molecule has 1 amide bonds. The summed E-state index contributed by atoms with van der Waals surface area (Å²) >= 11 is 0. The van der Waals surface area contributed by atoms with Crippen molar-refractivity contribution in [1.82, 2.24) is 0 Å². The van der Waals surface area contributed by atoms with Gasteiger partial charge in [-0.1, -0.05) is 12.1 Å². The molecule has 0 saturated heterocycles. The number of nitrogens with one attached hydrogen (secondary N) is 2. The first-order valence-electron chi connectivity index (χ1n) is 8.43. The van der Waals surface area contributed by atoms with Crippen LogP contribution in [-0.2, 0) is 14.3 Å². The molecule has 0 fully saturated rings. The van der Waals surface area contributed by atoms with E-state index in [-0.39, 0.29) is 28.2 Å². The number of methoxy groups -OCH3 is 1. The highest BCUT2D eigenvalue weighted by Gasteiger charge is 2.19. The van der Waals surface area contributed by atoms with Crippen LogP contribution in [0.2, 0.25) is 0 Å². The van der Waals surface area contributed by atoms with Crippen molar-refractivity contribution in [1.29, 1.82) is 5.26 Å². The maximum atomic E-state index is 12.2. The van der Waals surface area contributed by atoms with Crippen LogP contribution in [0.15, 0.2) is 42.5 Å². The number of amides is 1. The third kappa shape index (κ3) is 6.02. The Labute approximate surface area is 166 Å². The SMILES string of the molecule is COCCNc1ccc(C(=O)OCC(=O)Nc2ccccc2C#N)cc1[N+](=O)[O-]. The summed E-state index contributed by atoms with van der Waals surface area (Å²) in [5, 5.41) is 25.6. The van der Waals surface area contributed by atoms with E-state index in [1.807, 2.05) is 6.07 Å². The van der Waals surface area contributed by atoms with Crippen LogP contribution in [0, 0.1) is 21.4 Å². The molecule has 0 unspecified atom stereocenters. The maximum absolute atomic E-state index is 12.2. The number of nitro benzene ring substituents is 1. The summed E-state index contributed by atoms with van der Waals surface area (Å²) < 4.78 is 9.79. The quantitative estimate of drug-likeness (QED) is 0.283. The molecule has 0 saturated carbocycles. The molecule has 2 rings (SSSR count). The molecule has 10 nitrogen and oxygen atoms in total. The van der Waals surface area contributed by atoms with Crippen molar-refractivity contribution in [2.24, 2.45) is 0 Å². The van der Waals surface area contributed by atoms with Gasteiger partial charge in [0.2, 0.25) is 0 Å². The molecule has 2 N–H and O–H groups in total. The van der Waals surface area contributed by atoms with Gasteiger partial charge < -0.3 is 20.1 Å². The fourth-order valence-electron chi connectivity index (χ4n) is 2.34. The molecule has 10 heteroatoms. The van der Waals surface area contributed by atoms with Crippen molar-refractivity contribution >= 4 is 28.9 Å². The second kappa shape index (κ2) is 10.4. The minimum absolute atomic E-state index is 0.0702. The van der Waals surface area contributed by atoms with Crippen molar-refractivity contribution in [2.45, 2.75) is 0 Å². The third-order valence-electron chi connectivity index (χ3n) is 3.71. The fourth-order valence-corrected chi connectivity index (χ4v) is 2.34. The van der Waals surface area contributed by atoms with Gasteiger partial charge in [-0.15, -0.1) is 0 Å². The molecule has 0 aromatic heterocycles. The zero-order valence-corrected chi connectivity index (χ0v) is 15.5. The van der Waals surface area contributed by atoms with Gasteiger partial charge in [0.15, 0.2) is 6.61 Å². The van der Waals surface area contributed by atoms with Crippen molar-refractivity contribution in [3.05, 3.63) is 63.7 Å². The number of nitro groups is 1. The Bertz CT molecular complexity index is 954. The first-order chi connectivity index (χ1) is 14.0. The van der Waals surface area contributed by atoms with Gasteiger partial charge in [-0.3, -0.25) is 14.9 Å². The molecule has 0 atom stereocenters. The minimum atomic E-state index is -0.889. The maximum Gasteiger partial charge on any atom is 0.338 e. The van der Waals surface area contributed by atoms with Gasteiger partial charge in [-0.25, -0.2) is 4.79 Å². The van der Waals surface area contributed by atoms with Crippen molar-refractivity contribution < 1.29 is 24.0 Å². The van der Waals surface area contributed by atoms with Gasteiger partial charge >= 0.3 is 5.97 Å². The zero-order valence-electron chi connectivity index (χ0n) is 15.5. The van der Waals surface area contributed by atoms with E-state index in [0.717, 1.165) is 6.07 Å². The van der Waals surface area contributed by atoms with Crippen LogP contribution in [0.1, 0.15) is 15.9 Å². The van der Waals surface area contributed by atoms with Gasteiger partial charge in [-0.05, 0) is 24.3 Å². The third-order valence-corrected chi connectivity index (χ3v) is 3.71. The van der Waals surface area contributed by atoms with Crippen molar-refractivity contribution in [2.75, 3.05) is 37.5 Å². The predicted octanol–water partition coefficient (Wildman–Crippen LogP) is 2.32. The number of hydrogen-bond donors (Lipinski definition) is 2. The lowest BCUT2D eigenvalue weighted by Crippen LogP contribution is -2.21. The van der Waals surface area contributed by atoms with E-state index in [2.05, 4.69) is 10.6 Å². The summed E-state index contributed by atoms with van der Waals surface area (Å²) in [6, 6.07) is 12.1. The predicted molar refractivity (Wildman–Crippen MR) is 104 cm³/mol. The van der Waals surface area contributed by atoms with E-state index in [1.54, 1.807) is 12.1 Å². The Hall–Kier alpha value is -3.97. The normalized spacial score (nSPS) is 9.93. The summed E-state index contributed by atoms with van der Waals surface area (Å²) in [7, 11) is 1.50. The average Bonchev–Trinajstić information content (AvgIpc) is 2.72. The molecule has 0 spiro atoms. The highest BCUT2D eigenvalue weighted by molar-refractivity contribution is 5.96. The van der Waals surface area contributed by atoms with E-state index < -0.39 is 23.4 Å². The van der Waals surface area contributed by atoms with Gasteiger partial charge in [0.25, 0.3) is 11.6 Å². The fraction of sp³-hybridized carbons (Fsp3) is 0.211. The van der Waals surface area contributed by atoms with Gasteiger partial charge in [0.1, 0.15) is 11.8 Å². The van der Waals surface area contributed by atoms with E-state index >= 15 is 0 Å². The highest BCUT2D eigenvalue weighted by Crippen LogP contribution is 2.25. The molecular formula is C19H18N4O6. The lowest BCUT2D eigenvalue weighted by atomic mass is 10.1. The molecule has 0 heterocycles. The lowest BCUT2D eigenvalue weighted by Gasteiger charge is -2.09. The van der Waals surface area contributed by atoms with E-state index in [1.165, 1.54) is 31.4 Å². The molecule has 29 heavy (non-hydrogen) atoms. The van der Waals surface area contributed by atoms with Gasteiger partial charge in [0.05, 0.1) is 28.3 Å². The second-order valence-electron chi connectivity index (χ2n) is 5.69. The number of nitriles is 1. The molecule has 0 bridgehead atoms. The molecule has 150 valence electrons. The second-order valence-corrected chi connectivity index (χ2v) is 5.69. The lowest BCUT2D eigenvalue weighted by molar-refractivity contribution is -0.384. The first kappa shape index (κ1) is 21.3. The number of hydrogen-bond acceptors (Lipinski definition) is 8. The van der Waals surface area contributed by atoms with Gasteiger partial charge in [-0.2, -0.15) is 5.26 Å². The van der Waals surface area contributed by atoms with Crippen LogP contribution in [0.5, 0.6) is 0 Å². The summed E-state index contributed by atoms with van der Waals surface area (Å²) in [5.41, 5.74) is 0.411. The smallest absolute Gasteiger partial charge is 0.338 e. The molecule has 0 aliphatic carbocycles. The number of para-hydroxylation sites is 1. The Morgan fingerprint density at radius 3 is 2.66 bits per heavy atom. The Morgan fingerprint density at radius 2 is 1.97 bits per heavy atom. The Kier molecular flexibility index (Phi) is 7.64. The minimum Gasteiger partial charge on any atom is -0.452 e. The van der Waals surface area contributed by atoms with E-state index in [9.17, 15) is 19.7 Å². The number of carbonyl (C=O) groups is 2. The summed E-state index contributed by atoms with van der Waals surface area (Å²) in [5.74, 6) is -1.53. The average molecular weight is 398 g/mol. The Balaban J connectivity index is 2.01. The van der Waals surface area contributed by atoms with Crippen LogP contribution in [-0.4, -0.2) is 43.7 Å². The van der Waals surface area contributed by atoms with Crippen LogP contribution in [0.3, 0.4) is 0 Å². The molecule has 0 aliphatic rings. The van der Waals surface area contributed by atoms with Crippen LogP contribution in [0.4, 0.5) is 17.1 Å². The summed E-state index contributed by atoms with van der Waals surface area (Å²) in [6.45, 7) is 0.0939. The van der Waals surface area contributed by atoms with Crippen LogP contribution < -0.4 is 10.6 Å². The van der Waals surface area contributed by atoms with E-state index in [0.29, 0.717) is 13.2 Å². The topological polar surface area (TPSA) is 144 Å². The number of benzene rings is 2. The first-order valence-corrected chi connectivity index (χ1v) is 8.43. The number of carbonyl (C=O) groups excluding carboxylic acids is 2.